The Labute approximate surface area is 253 Å². The first kappa shape index (κ1) is 31.9. The highest BCUT2D eigenvalue weighted by molar-refractivity contribution is 5.92. The SMILES string of the molecule is CC(C)n1nccc1C(=O)NC(COC(C)(C)C(C)(F)F)c1nc2ccc(C(NC(=O)CC3CC(F)(F)C3)C3CC3)cc2[nH]1. The van der Waals surface area contributed by atoms with Gasteiger partial charge < -0.3 is 20.4 Å². The van der Waals surface area contributed by atoms with Crippen molar-refractivity contribution in [2.24, 2.45) is 11.8 Å². The summed E-state index contributed by atoms with van der Waals surface area (Å²) in [4.78, 5) is 33.9. The number of nitrogens with zero attached hydrogens (tertiary/aromatic N) is 3. The predicted octanol–water partition coefficient (Wildman–Crippen LogP) is 6.26. The molecule has 2 aromatic heterocycles. The number of hydrogen-bond acceptors (Lipinski definition) is 5. The second kappa shape index (κ2) is 11.8. The third-order valence-corrected chi connectivity index (χ3v) is 8.64. The van der Waals surface area contributed by atoms with Gasteiger partial charge in [-0.1, -0.05) is 6.07 Å². The normalized spacial score (nSPS) is 18.7. The van der Waals surface area contributed by atoms with Crippen molar-refractivity contribution in [1.29, 1.82) is 0 Å². The first-order valence-corrected chi connectivity index (χ1v) is 15.1. The van der Waals surface area contributed by atoms with Gasteiger partial charge in [-0.15, -0.1) is 0 Å². The molecule has 13 heteroatoms. The number of imidazole rings is 1. The number of amides is 2. The molecule has 0 spiro atoms. The number of carbonyl (C=O) groups is 2. The molecule has 2 aliphatic rings. The fraction of sp³-hybridized carbons (Fsp3) is 0.613. The largest absolute Gasteiger partial charge is 0.367 e. The van der Waals surface area contributed by atoms with E-state index < -0.39 is 29.4 Å². The number of alkyl halides is 4. The van der Waals surface area contributed by atoms with Gasteiger partial charge in [0.1, 0.15) is 23.2 Å². The molecule has 2 heterocycles. The Kier molecular flexibility index (Phi) is 8.56. The van der Waals surface area contributed by atoms with Gasteiger partial charge in [-0.25, -0.2) is 22.5 Å². The smallest absolute Gasteiger partial charge is 0.273 e. The Bertz CT molecular complexity index is 1500. The van der Waals surface area contributed by atoms with Gasteiger partial charge >= 0.3 is 0 Å². The van der Waals surface area contributed by atoms with Crippen LogP contribution in [0.2, 0.25) is 0 Å². The molecule has 240 valence electrons. The summed E-state index contributed by atoms with van der Waals surface area (Å²) in [7, 11) is 0. The lowest BCUT2D eigenvalue weighted by atomic mass is 9.79. The summed E-state index contributed by atoms with van der Waals surface area (Å²) in [6, 6.07) is 5.82. The molecule has 2 fully saturated rings. The number of halogens is 4. The van der Waals surface area contributed by atoms with Crippen LogP contribution in [-0.2, 0) is 9.53 Å². The standard InChI is InChI=1S/C31H40F4N6O3/c1-17(2)41-24(10-11-36-41)28(43)39-23(16-44-29(3,4)30(5,32)33)27-37-21-9-8-20(13-22(21)38-27)26(19-6-7-19)40-25(42)12-18-14-31(34,35)15-18/h8-11,13,17-19,23,26H,6-7,12,14-16H2,1-5H3,(H,37,38)(H,39,43)(H,40,42). The monoisotopic (exact) mass is 620 g/mol. The van der Waals surface area contributed by atoms with Crippen molar-refractivity contribution < 1.29 is 31.9 Å². The second-order valence-electron chi connectivity index (χ2n) is 13.1. The number of benzene rings is 1. The minimum absolute atomic E-state index is 0.0690. The van der Waals surface area contributed by atoms with Gasteiger partial charge in [0, 0.05) is 38.4 Å². The highest BCUT2D eigenvalue weighted by Gasteiger charge is 2.46. The lowest BCUT2D eigenvalue weighted by Crippen LogP contribution is -2.45. The average Bonchev–Trinajstić information content (AvgIpc) is 3.45. The van der Waals surface area contributed by atoms with E-state index in [-0.39, 0.29) is 55.7 Å². The van der Waals surface area contributed by atoms with E-state index in [2.05, 4.69) is 25.7 Å². The van der Waals surface area contributed by atoms with Gasteiger partial charge in [-0.3, -0.25) is 14.3 Å². The van der Waals surface area contributed by atoms with Crippen LogP contribution in [-0.4, -0.2) is 55.6 Å². The molecular weight excluding hydrogens is 580 g/mol. The van der Waals surface area contributed by atoms with Gasteiger partial charge in [0.15, 0.2) is 0 Å². The Morgan fingerprint density at radius 1 is 1.14 bits per heavy atom. The number of rotatable bonds is 13. The number of H-pyrrole nitrogens is 1. The molecule has 0 bridgehead atoms. The van der Waals surface area contributed by atoms with E-state index >= 15 is 0 Å². The highest BCUT2D eigenvalue weighted by atomic mass is 19.3. The van der Waals surface area contributed by atoms with E-state index in [1.807, 2.05) is 26.0 Å². The Balaban J connectivity index is 1.37. The summed E-state index contributed by atoms with van der Waals surface area (Å²) >= 11 is 0. The van der Waals surface area contributed by atoms with Crippen molar-refractivity contribution in [2.75, 3.05) is 6.61 Å². The maximum absolute atomic E-state index is 14.2. The molecule has 0 aliphatic heterocycles. The predicted molar refractivity (Wildman–Crippen MR) is 155 cm³/mol. The molecule has 2 saturated carbocycles. The zero-order valence-electron chi connectivity index (χ0n) is 25.6. The zero-order chi connectivity index (χ0) is 32.0. The lowest BCUT2D eigenvalue weighted by molar-refractivity contribution is -0.183. The van der Waals surface area contributed by atoms with Crippen LogP contribution in [0.5, 0.6) is 0 Å². The van der Waals surface area contributed by atoms with Crippen molar-refractivity contribution in [1.82, 2.24) is 30.4 Å². The first-order valence-electron chi connectivity index (χ1n) is 15.1. The fourth-order valence-corrected chi connectivity index (χ4v) is 5.48. The molecule has 2 amide bonds. The number of ether oxygens (including phenoxy) is 1. The van der Waals surface area contributed by atoms with Crippen LogP contribution < -0.4 is 10.6 Å². The summed E-state index contributed by atoms with van der Waals surface area (Å²) in [5.74, 6) is -6.29. The maximum Gasteiger partial charge on any atom is 0.273 e. The van der Waals surface area contributed by atoms with Gasteiger partial charge in [-0.05, 0) is 76.1 Å². The van der Waals surface area contributed by atoms with Crippen molar-refractivity contribution in [3.8, 4) is 0 Å². The minimum Gasteiger partial charge on any atom is -0.367 e. The van der Waals surface area contributed by atoms with Crippen molar-refractivity contribution in [3.63, 3.8) is 0 Å². The van der Waals surface area contributed by atoms with Crippen LogP contribution in [0.4, 0.5) is 17.6 Å². The average molecular weight is 621 g/mol. The Morgan fingerprint density at radius 2 is 1.84 bits per heavy atom. The Hall–Kier alpha value is -3.48. The summed E-state index contributed by atoms with van der Waals surface area (Å²) in [5.41, 5.74) is 0.527. The van der Waals surface area contributed by atoms with Crippen LogP contribution in [0, 0.1) is 11.8 Å². The summed E-state index contributed by atoms with van der Waals surface area (Å²) in [6.07, 6.45) is 2.95. The van der Waals surface area contributed by atoms with Crippen LogP contribution in [0.25, 0.3) is 11.0 Å². The van der Waals surface area contributed by atoms with Gasteiger partial charge in [0.05, 0.1) is 23.7 Å². The molecule has 3 aromatic rings. The highest BCUT2D eigenvalue weighted by Crippen LogP contribution is 2.45. The number of carbonyl (C=O) groups excluding carboxylic acids is 2. The summed E-state index contributed by atoms with van der Waals surface area (Å²) in [6.45, 7) is 6.83. The third kappa shape index (κ3) is 7.08. The number of fused-ring (bicyclic) bond motifs is 1. The first-order chi connectivity index (χ1) is 20.5. The van der Waals surface area contributed by atoms with E-state index in [0.29, 0.717) is 22.6 Å². The van der Waals surface area contributed by atoms with Gasteiger partial charge in [-0.2, -0.15) is 5.10 Å². The lowest BCUT2D eigenvalue weighted by Gasteiger charge is -2.34. The zero-order valence-corrected chi connectivity index (χ0v) is 25.6. The molecule has 0 saturated heterocycles. The molecule has 9 nitrogen and oxygen atoms in total. The van der Waals surface area contributed by atoms with Gasteiger partial charge in [0.2, 0.25) is 11.8 Å². The molecule has 3 N–H and O–H groups in total. The maximum atomic E-state index is 14.2. The molecular formula is C31H40F4N6O3. The Morgan fingerprint density at radius 3 is 2.45 bits per heavy atom. The van der Waals surface area contributed by atoms with E-state index in [9.17, 15) is 27.2 Å². The van der Waals surface area contributed by atoms with E-state index in [1.54, 1.807) is 16.8 Å². The number of nitrogens with one attached hydrogen (secondary N) is 3. The fourth-order valence-electron chi connectivity index (χ4n) is 5.48. The molecule has 1 aromatic carbocycles. The molecule has 2 atom stereocenters. The molecule has 44 heavy (non-hydrogen) atoms. The number of hydrogen-bond donors (Lipinski definition) is 3. The quantitative estimate of drug-likeness (QED) is 0.195. The van der Waals surface area contributed by atoms with E-state index in [4.69, 9.17) is 4.74 Å². The molecule has 2 aliphatic carbocycles. The molecule has 0 radical (unpaired) electrons. The summed E-state index contributed by atoms with van der Waals surface area (Å²) < 4.78 is 62.2. The number of aromatic nitrogens is 4. The van der Waals surface area contributed by atoms with Crippen molar-refractivity contribution >= 4 is 22.8 Å². The molecule has 5 rings (SSSR count). The van der Waals surface area contributed by atoms with Gasteiger partial charge in [0.25, 0.3) is 11.8 Å². The van der Waals surface area contributed by atoms with Crippen LogP contribution in [0.15, 0.2) is 30.5 Å². The van der Waals surface area contributed by atoms with Crippen LogP contribution in [0.3, 0.4) is 0 Å². The van der Waals surface area contributed by atoms with E-state index in [0.717, 1.165) is 25.3 Å². The van der Waals surface area contributed by atoms with Crippen molar-refractivity contribution in [3.05, 3.63) is 47.5 Å². The topological polar surface area (TPSA) is 114 Å². The van der Waals surface area contributed by atoms with Crippen LogP contribution >= 0.6 is 0 Å². The second-order valence-corrected chi connectivity index (χ2v) is 13.1. The summed E-state index contributed by atoms with van der Waals surface area (Å²) in [5, 5.41) is 10.1. The number of aromatic amines is 1. The molecule has 2 unspecified atom stereocenters. The van der Waals surface area contributed by atoms with E-state index in [1.165, 1.54) is 20.0 Å². The van der Waals surface area contributed by atoms with Crippen molar-refractivity contribution in [2.45, 2.75) is 102 Å². The third-order valence-electron chi connectivity index (χ3n) is 8.64. The minimum atomic E-state index is -3.15. The van der Waals surface area contributed by atoms with Crippen LogP contribution in [0.1, 0.15) is 107 Å².